The molecule has 3 heteroatoms. The molecule has 0 saturated heterocycles. The first kappa shape index (κ1) is 29.3. The number of aryl methyl sites for hydroxylation is 3. The quantitative estimate of drug-likeness (QED) is 0.0829. The van der Waals surface area contributed by atoms with Gasteiger partial charge in [0.1, 0.15) is 7.05 Å². The molecule has 44 heavy (non-hydrogen) atoms. The number of para-hydroxylation sites is 1. The van der Waals surface area contributed by atoms with E-state index in [1.54, 1.807) is 10.8 Å². The summed E-state index contributed by atoms with van der Waals surface area (Å²) in [4.78, 5) is 0. The van der Waals surface area contributed by atoms with Crippen LogP contribution in [0.2, 0.25) is 19.6 Å². The van der Waals surface area contributed by atoms with Gasteiger partial charge in [-0.05, 0) is 87.2 Å². The van der Waals surface area contributed by atoms with Gasteiger partial charge in [0.25, 0.3) is 0 Å². The largest absolute Gasteiger partial charge is 0.307 e. The Balaban J connectivity index is 1.84. The molecule has 3 aromatic heterocycles. The summed E-state index contributed by atoms with van der Waals surface area (Å²) in [5.74, 6) is 0. The maximum Gasteiger partial charge on any atom is 0.224 e. The fourth-order valence-corrected chi connectivity index (χ4v) is 10.5. The molecule has 226 valence electrons. The van der Waals surface area contributed by atoms with E-state index < -0.39 is 8.07 Å². The third-order valence-corrected chi connectivity index (χ3v) is 11.9. The average molecular weight is 598 g/mol. The van der Waals surface area contributed by atoms with Crippen LogP contribution >= 0.6 is 0 Å². The second-order valence-corrected chi connectivity index (χ2v) is 22.1. The summed E-state index contributed by atoms with van der Waals surface area (Å²) < 4.78 is 5.08. The summed E-state index contributed by atoms with van der Waals surface area (Å²) in [5.41, 5.74) is 11.7. The summed E-state index contributed by atoms with van der Waals surface area (Å²) in [5, 5.41) is 11.6. The van der Waals surface area contributed by atoms with Crippen molar-refractivity contribution in [3.63, 3.8) is 0 Å². The van der Waals surface area contributed by atoms with Crippen molar-refractivity contribution in [2.45, 2.75) is 87.9 Å². The smallest absolute Gasteiger partial charge is 0.224 e. The fourth-order valence-electron chi connectivity index (χ4n) is 8.41. The first-order valence-electron chi connectivity index (χ1n) is 16.5. The van der Waals surface area contributed by atoms with Crippen LogP contribution in [0.3, 0.4) is 0 Å². The standard InChI is InChI=1S/C41H49N2Si/c1-24-30-21-26(22-40(3,4)5)17-18-27(30)25(2)36-33(24)37-35-29(19-20-42(37)9)39(44(10,11)12)31(23-41(6,7)8)34-28-15-13-14-16-32(28)43(36)38(34)35/h13-21H,22-23H2,1-12H3/q+1. The lowest BCUT2D eigenvalue weighted by molar-refractivity contribution is -0.643. The van der Waals surface area contributed by atoms with E-state index in [2.05, 4.69) is 146 Å². The maximum absolute atomic E-state index is 2.67. The minimum absolute atomic E-state index is 0.177. The van der Waals surface area contributed by atoms with Gasteiger partial charge in [0.05, 0.1) is 35.4 Å². The second kappa shape index (κ2) is 9.30. The third kappa shape index (κ3) is 4.22. The Kier molecular flexibility index (Phi) is 6.19. The SMILES string of the molecule is Cc1c2cc(CC(C)(C)C)ccc2c(C)c2c1c1c3c(cc[n+]1C)c([Si](C)(C)C)c(CC(C)(C)C)c1c4ccccc4n2c13. The number of rotatable bonds is 3. The Morgan fingerprint density at radius 1 is 0.682 bits per heavy atom. The lowest BCUT2D eigenvalue weighted by atomic mass is 9.84. The number of hydrogen-bond acceptors (Lipinski definition) is 0. The molecule has 7 rings (SSSR count). The highest BCUT2D eigenvalue weighted by Crippen LogP contribution is 2.46. The number of benzene rings is 4. The zero-order valence-electron chi connectivity index (χ0n) is 29.0. The van der Waals surface area contributed by atoms with Gasteiger partial charge in [0.15, 0.2) is 6.20 Å². The molecule has 0 radical (unpaired) electrons. The summed E-state index contributed by atoms with van der Waals surface area (Å²) >= 11 is 0. The van der Waals surface area contributed by atoms with Crippen molar-refractivity contribution < 1.29 is 4.57 Å². The van der Waals surface area contributed by atoms with E-state index in [1.165, 1.54) is 76.5 Å². The van der Waals surface area contributed by atoms with Gasteiger partial charge in [-0.25, -0.2) is 4.57 Å². The first-order valence-corrected chi connectivity index (χ1v) is 20.0. The van der Waals surface area contributed by atoms with E-state index in [9.17, 15) is 0 Å². The molecule has 0 bridgehead atoms. The van der Waals surface area contributed by atoms with Crippen LogP contribution in [0.1, 0.15) is 63.8 Å². The molecule has 7 aromatic rings. The van der Waals surface area contributed by atoms with E-state index in [0.717, 1.165) is 12.8 Å². The number of pyridine rings is 2. The van der Waals surface area contributed by atoms with E-state index in [0.29, 0.717) is 0 Å². The van der Waals surface area contributed by atoms with Gasteiger partial charge >= 0.3 is 0 Å². The van der Waals surface area contributed by atoms with Crippen LogP contribution < -0.4 is 9.75 Å². The topological polar surface area (TPSA) is 8.29 Å². The molecular formula is C41H49N2Si+. The lowest BCUT2D eigenvalue weighted by Gasteiger charge is -2.29. The predicted molar refractivity (Wildman–Crippen MR) is 196 cm³/mol. The van der Waals surface area contributed by atoms with Crippen LogP contribution in [0.4, 0.5) is 0 Å². The Labute approximate surface area is 264 Å². The molecule has 3 heterocycles. The van der Waals surface area contributed by atoms with Crippen LogP contribution in [0, 0.1) is 24.7 Å². The molecular weight excluding hydrogens is 549 g/mol. The van der Waals surface area contributed by atoms with Gasteiger partial charge in [-0.2, -0.15) is 0 Å². The normalized spacial score (nSPS) is 13.6. The first-order chi connectivity index (χ1) is 20.5. The number of nitrogens with zero attached hydrogens (tertiary/aromatic N) is 2. The molecule has 0 saturated carbocycles. The van der Waals surface area contributed by atoms with Crippen molar-refractivity contribution in [2.75, 3.05) is 0 Å². The molecule has 0 spiro atoms. The van der Waals surface area contributed by atoms with Crippen LogP contribution in [-0.4, -0.2) is 12.5 Å². The molecule has 0 aliphatic rings. The Bertz CT molecular complexity index is 2300. The van der Waals surface area contributed by atoms with Crippen molar-refractivity contribution in [3.8, 4) is 0 Å². The Hall–Kier alpha value is -3.43. The van der Waals surface area contributed by atoms with Crippen LogP contribution in [0.25, 0.3) is 59.8 Å². The van der Waals surface area contributed by atoms with Gasteiger partial charge in [0, 0.05) is 16.8 Å². The van der Waals surface area contributed by atoms with Crippen molar-refractivity contribution in [2.24, 2.45) is 17.9 Å². The van der Waals surface area contributed by atoms with Crippen LogP contribution in [0.15, 0.2) is 54.7 Å². The maximum atomic E-state index is 2.67. The zero-order chi connectivity index (χ0) is 31.7. The van der Waals surface area contributed by atoms with Gasteiger partial charge in [-0.15, -0.1) is 0 Å². The highest BCUT2D eigenvalue weighted by Gasteiger charge is 2.34. The Morgan fingerprint density at radius 2 is 1.36 bits per heavy atom. The van der Waals surface area contributed by atoms with E-state index in [-0.39, 0.29) is 10.8 Å². The monoisotopic (exact) mass is 597 g/mol. The highest BCUT2D eigenvalue weighted by atomic mass is 28.3. The second-order valence-electron chi connectivity index (χ2n) is 17.1. The molecule has 2 nitrogen and oxygen atoms in total. The molecule has 0 aliphatic heterocycles. The van der Waals surface area contributed by atoms with E-state index in [1.807, 2.05) is 0 Å². The fraction of sp³-hybridized carbons (Fsp3) is 0.390. The van der Waals surface area contributed by atoms with Crippen LogP contribution in [0.5, 0.6) is 0 Å². The Morgan fingerprint density at radius 3 is 2.02 bits per heavy atom. The average Bonchev–Trinajstić information content (AvgIpc) is 3.25. The van der Waals surface area contributed by atoms with Gasteiger partial charge < -0.3 is 4.40 Å². The van der Waals surface area contributed by atoms with Gasteiger partial charge in [-0.3, -0.25) is 0 Å². The van der Waals surface area contributed by atoms with E-state index in [4.69, 9.17) is 0 Å². The lowest BCUT2D eigenvalue weighted by Crippen LogP contribution is -2.42. The zero-order valence-corrected chi connectivity index (χ0v) is 30.0. The minimum atomic E-state index is -1.76. The third-order valence-electron chi connectivity index (χ3n) is 9.82. The predicted octanol–water partition coefficient (Wildman–Crippen LogP) is 10.3. The minimum Gasteiger partial charge on any atom is -0.307 e. The van der Waals surface area contributed by atoms with Gasteiger partial charge in [0.2, 0.25) is 5.52 Å². The van der Waals surface area contributed by atoms with Crippen molar-refractivity contribution in [3.05, 3.63) is 77.0 Å². The molecule has 0 aliphatic carbocycles. The highest BCUT2D eigenvalue weighted by molar-refractivity contribution is 6.91. The van der Waals surface area contributed by atoms with Crippen LogP contribution in [-0.2, 0) is 19.9 Å². The number of aromatic nitrogens is 2. The number of hydrogen-bond donors (Lipinski definition) is 0. The van der Waals surface area contributed by atoms with Gasteiger partial charge in [-0.1, -0.05) is 97.6 Å². The summed E-state index contributed by atoms with van der Waals surface area (Å²) in [6.45, 7) is 26.6. The van der Waals surface area contributed by atoms with Crippen molar-refractivity contribution >= 4 is 73.0 Å². The molecule has 0 fully saturated rings. The molecule has 0 N–H and O–H groups in total. The molecule has 0 atom stereocenters. The molecule has 0 amide bonds. The summed E-state index contributed by atoms with van der Waals surface area (Å²) in [7, 11) is 0.497. The molecule has 0 unspecified atom stereocenters. The van der Waals surface area contributed by atoms with E-state index >= 15 is 0 Å². The van der Waals surface area contributed by atoms with Crippen molar-refractivity contribution in [1.82, 2.24) is 4.40 Å². The number of fused-ring (bicyclic) bond motifs is 7. The summed E-state index contributed by atoms with van der Waals surface area (Å²) in [6.07, 6.45) is 4.48. The summed E-state index contributed by atoms with van der Waals surface area (Å²) in [6, 6.07) is 18.9. The van der Waals surface area contributed by atoms with Crippen molar-refractivity contribution in [1.29, 1.82) is 0 Å². The molecule has 4 aromatic carbocycles.